The third-order valence-corrected chi connectivity index (χ3v) is 4.42. The Bertz CT molecular complexity index is 729. The van der Waals surface area contributed by atoms with Gasteiger partial charge in [0.15, 0.2) is 0 Å². The van der Waals surface area contributed by atoms with Crippen molar-refractivity contribution in [3.8, 4) is 0 Å². The predicted molar refractivity (Wildman–Crippen MR) is 98.7 cm³/mol. The first-order valence-corrected chi connectivity index (χ1v) is 8.11. The Hall–Kier alpha value is -2.22. The van der Waals surface area contributed by atoms with E-state index < -0.39 is 0 Å². The number of aryl methyl sites for hydroxylation is 4. The van der Waals surface area contributed by atoms with Crippen LogP contribution in [0.25, 0.3) is 0 Å². The fraction of sp³-hybridized carbons (Fsp3) is 0.333. The van der Waals surface area contributed by atoms with Crippen LogP contribution in [-0.4, -0.2) is 11.4 Å². The first kappa shape index (κ1) is 15.7. The molecule has 118 valence electrons. The highest BCUT2D eigenvalue weighted by Gasteiger charge is 2.37. The highest BCUT2D eigenvalue weighted by atomic mass is 15.2. The van der Waals surface area contributed by atoms with Crippen molar-refractivity contribution in [3.05, 3.63) is 69.8 Å². The molecule has 0 bridgehead atoms. The summed E-state index contributed by atoms with van der Waals surface area (Å²) in [5.41, 5.74) is 9.32. The summed E-state index contributed by atoms with van der Waals surface area (Å²) in [6.07, 6.45) is 0. The quantitative estimate of drug-likeness (QED) is 0.732. The van der Waals surface area contributed by atoms with Crippen LogP contribution in [-0.2, 0) is 0 Å². The van der Waals surface area contributed by atoms with E-state index in [0.29, 0.717) is 0 Å². The van der Waals surface area contributed by atoms with Crippen molar-refractivity contribution in [3.63, 3.8) is 0 Å². The van der Waals surface area contributed by atoms with Gasteiger partial charge in [-0.1, -0.05) is 58.7 Å². The zero-order valence-corrected chi connectivity index (χ0v) is 14.9. The summed E-state index contributed by atoms with van der Waals surface area (Å²) >= 11 is 0. The maximum Gasteiger partial charge on any atom is 0.0819 e. The fourth-order valence-corrected chi connectivity index (χ4v) is 3.52. The molecule has 3 rings (SSSR count). The molecule has 1 heterocycles. The molecule has 0 N–H and O–H groups in total. The van der Waals surface area contributed by atoms with E-state index in [1.165, 1.54) is 33.4 Å². The van der Waals surface area contributed by atoms with Crippen molar-refractivity contribution in [1.29, 1.82) is 0 Å². The van der Waals surface area contributed by atoms with Crippen LogP contribution in [0.3, 0.4) is 0 Å². The van der Waals surface area contributed by atoms with Crippen LogP contribution in [0.1, 0.15) is 47.2 Å². The van der Waals surface area contributed by atoms with Crippen LogP contribution in [0.2, 0.25) is 0 Å². The van der Waals surface area contributed by atoms with Gasteiger partial charge < -0.3 is 0 Å². The van der Waals surface area contributed by atoms with E-state index >= 15 is 0 Å². The minimum absolute atomic E-state index is 0.194. The van der Waals surface area contributed by atoms with Gasteiger partial charge in [0.1, 0.15) is 0 Å². The molecular weight excluding hydrogens is 280 g/mol. The van der Waals surface area contributed by atoms with E-state index in [0.717, 1.165) is 11.4 Å². The molecular formula is C21H24N2. The number of nitrogens with zero attached hydrogens (tertiary/aromatic N) is 2. The largest absolute Gasteiger partial charge is 0.154 e. The molecule has 23 heavy (non-hydrogen) atoms. The second-order valence-corrected chi connectivity index (χ2v) is 7.27. The van der Waals surface area contributed by atoms with Crippen LogP contribution in [0.15, 0.2) is 46.6 Å². The van der Waals surface area contributed by atoms with Gasteiger partial charge in [-0.25, -0.2) is 0 Å². The van der Waals surface area contributed by atoms with Gasteiger partial charge in [0, 0.05) is 0 Å². The minimum atomic E-state index is -0.194. The van der Waals surface area contributed by atoms with Gasteiger partial charge in [-0.2, -0.15) is 10.2 Å². The zero-order valence-electron chi connectivity index (χ0n) is 14.9. The highest BCUT2D eigenvalue weighted by Crippen LogP contribution is 2.34. The lowest BCUT2D eigenvalue weighted by Gasteiger charge is -2.24. The van der Waals surface area contributed by atoms with Crippen LogP contribution < -0.4 is 0 Å². The van der Waals surface area contributed by atoms with E-state index in [1.54, 1.807) is 0 Å². The molecule has 1 aliphatic heterocycles. The monoisotopic (exact) mass is 304 g/mol. The topological polar surface area (TPSA) is 24.7 Å². The van der Waals surface area contributed by atoms with Gasteiger partial charge in [-0.05, 0) is 52.7 Å². The van der Waals surface area contributed by atoms with Crippen molar-refractivity contribution in [2.24, 2.45) is 15.6 Å². The molecule has 0 unspecified atom stereocenters. The molecule has 2 heteroatoms. The van der Waals surface area contributed by atoms with E-state index in [9.17, 15) is 0 Å². The summed E-state index contributed by atoms with van der Waals surface area (Å²) in [5, 5.41) is 9.13. The molecule has 0 radical (unpaired) electrons. The summed E-state index contributed by atoms with van der Waals surface area (Å²) < 4.78 is 0. The summed E-state index contributed by atoms with van der Waals surface area (Å²) in [5.74, 6) is 0. The van der Waals surface area contributed by atoms with E-state index in [4.69, 9.17) is 0 Å². The first-order chi connectivity index (χ1) is 10.8. The van der Waals surface area contributed by atoms with E-state index in [-0.39, 0.29) is 5.41 Å². The number of benzene rings is 2. The van der Waals surface area contributed by atoms with Crippen molar-refractivity contribution in [2.75, 3.05) is 0 Å². The minimum Gasteiger partial charge on any atom is -0.154 e. The van der Waals surface area contributed by atoms with Crippen LogP contribution in [0.4, 0.5) is 0 Å². The summed E-state index contributed by atoms with van der Waals surface area (Å²) in [4.78, 5) is 0. The van der Waals surface area contributed by atoms with E-state index in [2.05, 4.69) is 88.1 Å². The highest BCUT2D eigenvalue weighted by molar-refractivity contribution is 6.25. The van der Waals surface area contributed by atoms with Crippen LogP contribution in [0, 0.1) is 33.1 Å². The van der Waals surface area contributed by atoms with Gasteiger partial charge in [-0.15, -0.1) is 0 Å². The van der Waals surface area contributed by atoms with Crippen molar-refractivity contribution in [1.82, 2.24) is 0 Å². The number of hydrogen-bond donors (Lipinski definition) is 0. The van der Waals surface area contributed by atoms with E-state index in [1.807, 2.05) is 0 Å². The van der Waals surface area contributed by atoms with Gasteiger partial charge in [0.2, 0.25) is 0 Å². The Balaban J connectivity index is 2.03. The molecule has 0 amide bonds. The Morgan fingerprint density at radius 2 is 0.870 bits per heavy atom. The van der Waals surface area contributed by atoms with Gasteiger partial charge >= 0.3 is 0 Å². The average molecular weight is 304 g/mol. The lowest BCUT2D eigenvalue weighted by molar-refractivity contribution is 0.744. The second kappa shape index (κ2) is 5.45. The molecule has 2 aromatic rings. The predicted octanol–water partition coefficient (Wildman–Crippen LogP) is 5.15. The number of rotatable bonds is 2. The molecule has 0 aliphatic carbocycles. The molecule has 0 saturated heterocycles. The SMILES string of the molecule is Cc1cc(C)cc(C2=NN=C(c3cc(C)cc(C)c3)C2(C)C)c1. The van der Waals surface area contributed by atoms with Gasteiger partial charge in [0.25, 0.3) is 0 Å². The molecule has 0 saturated carbocycles. The smallest absolute Gasteiger partial charge is 0.0819 e. The molecule has 0 fully saturated rings. The van der Waals surface area contributed by atoms with Gasteiger partial charge in [0.05, 0.1) is 16.8 Å². The Kier molecular flexibility index (Phi) is 3.71. The second-order valence-electron chi connectivity index (χ2n) is 7.27. The Morgan fingerprint density at radius 1 is 0.565 bits per heavy atom. The normalized spacial score (nSPS) is 16.3. The summed E-state index contributed by atoms with van der Waals surface area (Å²) in [6.45, 7) is 12.9. The fourth-order valence-electron chi connectivity index (χ4n) is 3.52. The first-order valence-electron chi connectivity index (χ1n) is 8.11. The maximum atomic E-state index is 4.56. The molecule has 0 spiro atoms. The van der Waals surface area contributed by atoms with Crippen LogP contribution in [0.5, 0.6) is 0 Å². The Morgan fingerprint density at radius 3 is 1.17 bits per heavy atom. The lowest BCUT2D eigenvalue weighted by atomic mass is 9.76. The third-order valence-electron chi connectivity index (χ3n) is 4.42. The molecule has 1 aliphatic rings. The Labute approximate surface area is 139 Å². The standard InChI is InChI=1S/C21H24N2/c1-13-7-14(2)10-17(9-13)19-21(5,6)20(23-22-19)18-11-15(3)8-16(4)12-18/h7-12H,1-6H3. The molecule has 0 atom stereocenters. The summed E-state index contributed by atoms with van der Waals surface area (Å²) in [7, 11) is 0. The zero-order chi connectivity index (χ0) is 16.8. The summed E-state index contributed by atoms with van der Waals surface area (Å²) in [6, 6.07) is 13.2. The van der Waals surface area contributed by atoms with Crippen LogP contribution >= 0.6 is 0 Å². The molecule has 0 aromatic heterocycles. The van der Waals surface area contributed by atoms with Crippen molar-refractivity contribution in [2.45, 2.75) is 41.5 Å². The lowest BCUT2D eigenvalue weighted by Crippen LogP contribution is -2.31. The van der Waals surface area contributed by atoms with Gasteiger partial charge in [-0.3, -0.25) is 0 Å². The molecule has 2 nitrogen and oxygen atoms in total. The number of hydrogen-bond acceptors (Lipinski definition) is 2. The average Bonchev–Trinajstić information content (AvgIpc) is 2.71. The maximum absolute atomic E-state index is 4.56. The van der Waals surface area contributed by atoms with Crippen molar-refractivity contribution < 1.29 is 0 Å². The third kappa shape index (κ3) is 2.86. The van der Waals surface area contributed by atoms with Crippen molar-refractivity contribution >= 4 is 11.4 Å². The molecule has 2 aromatic carbocycles.